The molecule has 0 radical (unpaired) electrons. The number of ether oxygens (including phenoxy) is 1. The van der Waals surface area contributed by atoms with E-state index in [-0.39, 0.29) is 11.9 Å². The number of aromatic nitrogens is 1. The Labute approximate surface area is 225 Å². The van der Waals surface area contributed by atoms with Gasteiger partial charge in [0.25, 0.3) is 5.91 Å². The van der Waals surface area contributed by atoms with Crippen molar-refractivity contribution in [2.24, 2.45) is 0 Å². The lowest BCUT2D eigenvalue weighted by molar-refractivity contribution is -0.113. The molecule has 0 bridgehead atoms. The van der Waals surface area contributed by atoms with Gasteiger partial charge >= 0.3 is 0 Å². The van der Waals surface area contributed by atoms with Gasteiger partial charge < -0.3 is 14.6 Å². The number of nitrogens with one attached hydrogen (secondary N) is 1. The number of rotatable bonds is 9. The number of hydrogen-bond donors (Lipinski definition) is 1. The summed E-state index contributed by atoms with van der Waals surface area (Å²) in [7, 11) is 0. The zero-order valence-electron chi connectivity index (χ0n) is 23.5. The SMILES string of the molecule is Cc1cc(Cn2c(C)c(C)c3cc(C(=O)N[C@@H](C)c4cccc(C(C)C)c4)ccc32)cc(O[C@@H](C)C=O)c1. The Morgan fingerprint density at radius 3 is 2.39 bits per heavy atom. The highest BCUT2D eigenvalue weighted by atomic mass is 16.5. The first-order valence-corrected chi connectivity index (χ1v) is 13.3. The smallest absolute Gasteiger partial charge is 0.251 e. The quantitative estimate of drug-likeness (QED) is 0.242. The fourth-order valence-corrected chi connectivity index (χ4v) is 4.95. The Morgan fingerprint density at radius 2 is 1.68 bits per heavy atom. The average Bonchev–Trinajstić information content (AvgIpc) is 3.12. The zero-order valence-corrected chi connectivity index (χ0v) is 23.5. The van der Waals surface area contributed by atoms with Crippen molar-refractivity contribution < 1.29 is 14.3 Å². The first-order valence-electron chi connectivity index (χ1n) is 13.3. The molecule has 0 aliphatic heterocycles. The van der Waals surface area contributed by atoms with E-state index >= 15 is 0 Å². The summed E-state index contributed by atoms with van der Waals surface area (Å²) in [6, 6.07) is 20.3. The summed E-state index contributed by atoms with van der Waals surface area (Å²) < 4.78 is 8.02. The molecule has 0 aliphatic rings. The number of aryl methyl sites for hydroxylation is 2. The second-order valence-corrected chi connectivity index (χ2v) is 10.7. The van der Waals surface area contributed by atoms with Crippen molar-refractivity contribution in [3.8, 4) is 5.75 Å². The number of aldehydes is 1. The minimum Gasteiger partial charge on any atom is -0.483 e. The summed E-state index contributed by atoms with van der Waals surface area (Å²) in [5.41, 5.74) is 8.59. The van der Waals surface area contributed by atoms with Crippen LogP contribution in [0.4, 0.5) is 0 Å². The molecule has 4 rings (SSSR count). The molecule has 1 N–H and O–H groups in total. The number of nitrogens with zero attached hydrogens (tertiary/aromatic N) is 1. The monoisotopic (exact) mass is 510 g/mol. The van der Waals surface area contributed by atoms with Crippen molar-refractivity contribution in [2.45, 2.75) is 73.1 Å². The molecule has 0 unspecified atom stereocenters. The van der Waals surface area contributed by atoms with Gasteiger partial charge in [0.15, 0.2) is 12.4 Å². The number of carbonyl (C=O) groups excluding carboxylic acids is 2. The molecule has 0 saturated heterocycles. The number of fused-ring (bicyclic) bond motifs is 1. The highest BCUT2D eigenvalue weighted by Gasteiger charge is 2.17. The van der Waals surface area contributed by atoms with Gasteiger partial charge in [0.05, 0.1) is 6.04 Å². The highest BCUT2D eigenvalue weighted by Crippen LogP contribution is 2.29. The van der Waals surface area contributed by atoms with E-state index < -0.39 is 6.10 Å². The van der Waals surface area contributed by atoms with Gasteiger partial charge in [0.1, 0.15) is 5.75 Å². The molecular weight excluding hydrogens is 472 g/mol. The first-order chi connectivity index (χ1) is 18.1. The molecule has 0 saturated carbocycles. The van der Waals surface area contributed by atoms with Crippen molar-refractivity contribution in [3.63, 3.8) is 0 Å². The standard InChI is InChI=1S/C33H38N2O3/c1-20(2)27-9-8-10-28(16-27)24(6)34-33(37)29-11-12-32-31(17-29)23(5)25(7)35(32)18-26-13-21(3)14-30(15-26)38-22(4)19-36/h8-17,19-20,22,24H,18H2,1-7H3,(H,34,37)/t22-,24-/m0/s1. The summed E-state index contributed by atoms with van der Waals surface area (Å²) in [6.45, 7) is 15.0. The van der Waals surface area contributed by atoms with Crippen LogP contribution in [0.5, 0.6) is 5.75 Å². The molecule has 38 heavy (non-hydrogen) atoms. The summed E-state index contributed by atoms with van der Waals surface area (Å²) in [5.74, 6) is 1.05. The van der Waals surface area contributed by atoms with E-state index in [1.54, 1.807) is 6.92 Å². The summed E-state index contributed by atoms with van der Waals surface area (Å²) >= 11 is 0. The van der Waals surface area contributed by atoms with Crippen LogP contribution in [0.15, 0.2) is 60.7 Å². The Kier molecular flexibility index (Phi) is 8.05. The predicted octanol–water partition coefficient (Wildman–Crippen LogP) is 7.20. The van der Waals surface area contributed by atoms with E-state index in [1.807, 2.05) is 44.2 Å². The van der Waals surface area contributed by atoms with Crippen molar-refractivity contribution in [2.75, 3.05) is 0 Å². The maximum atomic E-state index is 13.2. The van der Waals surface area contributed by atoms with Gasteiger partial charge in [-0.05, 0) is 98.7 Å². The molecule has 5 heteroatoms. The minimum atomic E-state index is -0.493. The number of hydrogen-bond acceptors (Lipinski definition) is 3. The first kappa shape index (κ1) is 27.2. The second-order valence-electron chi connectivity index (χ2n) is 10.7. The molecular formula is C33H38N2O3. The number of benzene rings is 3. The number of carbonyl (C=O) groups is 2. The Hall–Kier alpha value is -3.86. The van der Waals surface area contributed by atoms with E-state index in [2.05, 4.69) is 67.9 Å². The average molecular weight is 511 g/mol. The van der Waals surface area contributed by atoms with Crippen LogP contribution in [-0.4, -0.2) is 22.9 Å². The molecule has 0 aliphatic carbocycles. The third kappa shape index (κ3) is 5.83. The van der Waals surface area contributed by atoms with Crippen molar-refractivity contribution >= 4 is 23.1 Å². The third-order valence-electron chi connectivity index (χ3n) is 7.29. The lowest BCUT2D eigenvalue weighted by Crippen LogP contribution is -2.26. The van der Waals surface area contributed by atoms with Crippen LogP contribution in [0.2, 0.25) is 0 Å². The van der Waals surface area contributed by atoms with E-state index in [4.69, 9.17) is 4.74 Å². The zero-order chi connectivity index (χ0) is 27.6. The fraction of sp³-hybridized carbons (Fsp3) is 0.333. The molecule has 5 nitrogen and oxygen atoms in total. The summed E-state index contributed by atoms with van der Waals surface area (Å²) in [6.07, 6.45) is 0.305. The number of amides is 1. The highest BCUT2D eigenvalue weighted by molar-refractivity contribution is 5.99. The van der Waals surface area contributed by atoms with E-state index in [0.29, 0.717) is 23.8 Å². The molecule has 1 aromatic heterocycles. The molecule has 198 valence electrons. The van der Waals surface area contributed by atoms with Crippen molar-refractivity contribution in [1.82, 2.24) is 9.88 Å². The van der Waals surface area contributed by atoms with Crippen LogP contribution >= 0.6 is 0 Å². The normalized spacial score (nSPS) is 12.9. The molecule has 2 atom stereocenters. The van der Waals surface area contributed by atoms with Crippen LogP contribution in [0.25, 0.3) is 10.9 Å². The summed E-state index contributed by atoms with van der Waals surface area (Å²) in [5, 5.41) is 4.24. The van der Waals surface area contributed by atoms with Gasteiger partial charge in [0.2, 0.25) is 0 Å². The van der Waals surface area contributed by atoms with Gasteiger partial charge in [-0.15, -0.1) is 0 Å². The Bertz CT molecular complexity index is 1480. The topological polar surface area (TPSA) is 60.3 Å². The van der Waals surface area contributed by atoms with Crippen LogP contribution in [-0.2, 0) is 11.3 Å². The largest absolute Gasteiger partial charge is 0.483 e. The molecule has 0 spiro atoms. The van der Waals surface area contributed by atoms with Crippen molar-refractivity contribution in [1.29, 1.82) is 0 Å². The van der Waals surface area contributed by atoms with E-state index in [1.165, 1.54) is 5.56 Å². The lowest BCUT2D eigenvalue weighted by Gasteiger charge is -2.17. The van der Waals surface area contributed by atoms with Gasteiger partial charge in [-0.2, -0.15) is 0 Å². The van der Waals surface area contributed by atoms with Crippen LogP contribution in [0.1, 0.15) is 83.5 Å². The fourth-order valence-electron chi connectivity index (χ4n) is 4.95. The minimum absolute atomic E-state index is 0.0797. The van der Waals surface area contributed by atoms with Gasteiger partial charge in [-0.25, -0.2) is 0 Å². The molecule has 1 amide bonds. The van der Waals surface area contributed by atoms with Gasteiger partial charge in [0, 0.05) is 28.7 Å². The van der Waals surface area contributed by atoms with Gasteiger partial charge in [-0.1, -0.05) is 44.2 Å². The Balaban J connectivity index is 1.59. The maximum Gasteiger partial charge on any atom is 0.251 e. The lowest BCUT2D eigenvalue weighted by atomic mass is 9.98. The van der Waals surface area contributed by atoms with Crippen molar-refractivity contribution in [3.05, 3.63) is 99.7 Å². The van der Waals surface area contributed by atoms with Crippen LogP contribution < -0.4 is 10.1 Å². The molecule has 0 fully saturated rings. The van der Waals surface area contributed by atoms with Crippen LogP contribution in [0.3, 0.4) is 0 Å². The van der Waals surface area contributed by atoms with Gasteiger partial charge in [-0.3, -0.25) is 9.59 Å². The Morgan fingerprint density at radius 1 is 0.947 bits per heavy atom. The van der Waals surface area contributed by atoms with E-state index in [0.717, 1.165) is 45.1 Å². The second kappa shape index (κ2) is 11.3. The maximum absolute atomic E-state index is 13.2. The third-order valence-corrected chi connectivity index (χ3v) is 7.29. The molecule has 4 aromatic rings. The molecule has 3 aromatic carbocycles. The summed E-state index contributed by atoms with van der Waals surface area (Å²) in [4.78, 5) is 24.3. The molecule has 1 heterocycles. The van der Waals surface area contributed by atoms with E-state index in [9.17, 15) is 9.59 Å². The predicted molar refractivity (Wildman–Crippen MR) is 154 cm³/mol. The van der Waals surface area contributed by atoms with Crippen LogP contribution in [0, 0.1) is 20.8 Å².